The van der Waals surface area contributed by atoms with E-state index in [1.54, 1.807) is 41.5 Å². The van der Waals surface area contributed by atoms with E-state index in [0.29, 0.717) is 20.9 Å². The Morgan fingerprint density at radius 1 is 0.864 bits per heavy atom. The third-order valence-electron chi connectivity index (χ3n) is 6.90. The Bertz CT molecular complexity index is 1750. The molecule has 0 saturated heterocycles. The standard InChI is InChI=1S/C29H31F2N5O6S2/c1-13(2)23-24(27(38)41-7)32-35(26(23)37)19-11-21(15(5)9-17(19)30)43-44-22-12-20(18(31)10-16(22)6)36-29(40)34(14(3)4)25(33-36)28(39)42-8/h9-14,23H,1-8H3. The highest BCUT2D eigenvalue weighted by molar-refractivity contribution is 8.76. The number of methoxy groups -OCH3 is 2. The quantitative estimate of drug-likeness (QED) is 0.226. The van der Waals surface area contributed by atoms with E-state index >= 15 is 8.78 Å². The highest BCUT2D eigenvalue weighted by Gasteiger charge is 2.43. The maximum Gasteiger partial charge on any atom is 0.376 e. The molecule has 0 fully saturated rings. The molecule has 0 bridgehead atoms. The minimum atomic E-state index is -0.892. The Morgan fingerprint density at radius 3 is 1.89 bits per heavy atom. The summed E-state index contributed by atoms with van der Waals surface area (Å²) < 4.78 is 41.9. The molecule has 0 saturated carbocycles. The smallest absolute Gasteiger partial charge is 0.376 e. The van der Waals surface area contributed by atoms with Crippen molar-refractivity contribution in [3.05, 3.63) is 63.3 Å². The van der Waals surface area contributed by atoms with Gasteiger partial charge in [0.1, 0.15) is 23.0 Å². The Morgan fingerprint density at radius 2 is 1.39 bits per heavy atom. The second-order valence-corrected chi connectivity index (χ2v) is 12.8. The Hall–Kier alpha value is -3.98. The second kappa shape index (κ2) is 12.9. The SMILES string of the molecule is COC(=O)C1=NN(c2cc(SSc3cc(-n4nc(C(=O)OC)n(C(C)C)c4=O)c(F)cc3C)c(C)cc2F)C(=O)C1C(C)C. The van der Waals surface area contributed by atoms with E-state index < -0.39 is 47.1 Å². The van der Waals surface area contributed by atoms with Gasteiger partial charge in [-0.1, -0.05) is 35.4 Å². The lowest BCUT2D eigenvalue weighted by atomic mass is 9.91. The molecule has 234 valence electrons. The molecular formula is C29H31F2N5O6S2. The van der Waals surface area contributed by atoms with Crippen LogP contribution >= 0.6 is 21.6 Å². The van der Waals surface area contributed by atoms with Crippen molar-refractivity contribution in [2.24, 2.45) is 16.9 Å². The lowest BCUT2D eigenvalue weighted by Gasteiger charge is -2.18. The monoisotopic (exact) mass is 647 g/mol. The van der Waals surface area contributed by atoms with Gasteiger partial charge in [-0.3, -0.25) is 9.36 Å². The fraction of sp³-hybridized carbons (Fsp3) is 0.379. The molecule has 4 rings (SSSR count). The number of aromatic nitrogens is 3. The van der Waals surface area contributed by atoms with Crippen LogP contribution in [0.15, 0.2) is 44.0 Å². The first kappa shape index (κ1) is 32.9. The maximum atomic E-state index is 15.2. The molecule has 3 aromatic rings. The van der Waals surface area contributed by atoms with Crippen LogP contribution in [0.25, 0.3) is 5.69 Å². The zero-order chi connectivity index (χ0) is 32.6. The van der Waals surface area contributed by atoms with Crippen LogP contribution < -0.4 is 10.7 Å². The van der Waals surface area contributed by atoms with Gasteiger partial charge >= 0.3 is 17.6 Å². The zero-order valence-corrected chi connectivity index (χ0v) is 26.9. The van der Waals surface area contributed by atoms with Crippen molar-refractivity contribution in [3.8, 4) is 5.69 Å². The average Bonchev–Trinajstić information content (AvgIpc) is 3.49. The molecule has 0 aliphatic carbocycles. The first-order valence-electron chi connectivity index (χ1n) is 13.5. The molecule has 44 heavy (non-hydrogen) atoms. The number of carbonyl (C=O) groups excluding carboxylic acids is 3. The largest absolute Gasteiger partial charge is 0.464 e. The van der Waals surface area contributed by atoms with Crippen molar-refractivity contribution in [1.29, 1.82) is 0 Å². The summed E-state index contributed by atoms with van der Waals surface area (Å²) in [6.45, 7) is 10.3. The molecule has 1 atom stereocenters. The van der Waals surface area contributed by atoms with Crippen LogP contribution in [0.1, 0.15) is 55.5 Å². The van der Waals surface area contributed by atoms with Crippen molar-refractivity contribution in [2.45, 2.75) is 57.4 Å². The fourth-order valence-corrected chi connectivity index (χ4v) is 7.12. The molecule has 0 N–H and O–H groups in total. The number of halogens is 2. The Labute approximate surface area is 260 Å². The first-order chi connectivity index (χ1) is 20.7. The predicted octanol–water partition coefficient (Wildman–Crippen LogP) is 5.24. The number of hydrazone groups is 1. The maximum absolute atomic E-state index is 15.2. The van der Waals surface area contributed by atoms with Crippen molar-refractivity contribution in [1.82, 2.24) is 14.3 Å². The van der Waals surface area contributed by atoms with Crippen LogP contribution in [0.2, 0.25) is 0 Å². The number of hydrogen-bond acceptors (Lipinski definition) is 10. The number of anilines is 1. The van der Waals surface area contributed by atoms with Crippen LogP contribution in [0.5, 0.6) is 0 Å². The number of rotatable bonds is 9. The number of aryl methyl sites for hydroxylation is 2. The second-order valence-electron chi connectivity index (χ2n) is 10.6. The van der Waals surface area contributed by atoms with Crippen LogP contribution in [0, 0.1) is 37.3 Å². The molecule has 1 aliphatic rings. The topological polar surface area (TPSA) is 125 Å². The number of benzene rings is 2. The van der Waals surface area contributed by atoms with Crippen LogP contribution in [0.4, 0.5) is 14.5 Å². The third kappa shape index (κ3) is 6.02. The van der Waals surface area contributed by atoms with Gasteiger partial charge < -0.3 is 9.47 Å². The predicted molar refractivity (Wildman–Crippen MR) is 162 cm³/mol. The number of ether oxygens (including phenoxy) is 2. The van der Waals surface area contributed by atoms with E-state index in [1.807, 2.05) is 0 Å². The number of esters is 2. The van der Waals surface area contributed by atoms with Crippen LogP contribution in [-0.4, -0.2) is 52.1 Å². The highest BCUT2D eigenvalue weighted by atomic mass is 33.1. The van der Waals surface area contributed by atoms with E-state index in [0.717, 1.165) is 21.4 Å². The molecule has 1 amide bonds. The van der Waals surface area contributed by atoms with Gasteiger partial charge in [0, 0.05) is 15.8 Å². The summed E-state index contributed by atoms with van der Waals surface area (Å²) in [7, 11) is 4.76. The Balaban J connectivity index is 1.70. The van der Waals surface area contributed by atoms with E-state index in [-0.39, 0.29) is 28.8 Å². The number of nitrogens with zero attached hydrogens (tertiary/aromatic N) is 5. The minimum absolute atomic E-state index is 0.101. The Kier molecular flexibility index (Phi) is 9.68. The number of carbonyl (C=O) groups is 3. The molecule has 0 radical (unpaired) electrons. The van der Waals surface area contributed by atoms with Gasteiger partial charge in [-0.05, 0) is 69.0 Å². The number of hydrogen-bond donors (Lipinski definition) is 0. The lowest BCUT2D eigenvalue weighted by molar-refractivity contribution is -0.133. The number of amides is 1. The highest BCUT2D eigenvalue weighted by Crippen LogP contribution is 2.43. The van der Waals surface area contributed by atoms with Crippen molar-refractivity contribution < 1.29 is 32.6 Å². The molecule has 0 spiro atoms. The summed E-state index contributed by atoms with van der Waals surface area (Å²) in [5.74, 6) is -5.04. The lowest BCUT2D eigenvalue weighted by Crippen LogP contribution is -2.34. The molecule has 1 aromatic heterocycles. The third-order valence-corrected chi connectivity index (χ3v) is 9.55. The summed E-state index contributed by atoms with van der Waals surface area (Å²) in [4.78, 5) is 52.1. The molecule has 1 unspecified atom stereocenters. The van der Waals surface area contributed by atoms with Gasteiger partial charge in [-0.15, -0.1) is 5.10 Å². The molecule has 11 nitrogen and oxygen atoms in total. The van der Waals surface area contributed by atoms with E-state index in [1.165, 1.54) is 53.0 Å². The zero-order valence-electron chi connectivity index (χ0n) is 25.3. The van der Waals surface area contributed by atoms with Crippen LogP contribution in [0.3, 0.4) is 0 Å². The van der Waals surface area contributed by atoms with E-state index in [9.17, 15) is 19.2 Å². The van der Waals surface area contributed by atoms with Gasteiger partial charge in [-0.2, -0.15) is 14.8 Å². The van der Waals surface area contributed by atoms with Gasteiger partial charge in [0.25, 0.3) is 5.91 Å². The summed E-state index contributed by atoms with van der Waals surface area (Å²) in [5, 5.41) is 9.08. The molecule has 2 heterocycles. The summed E-state index contributed by atoms with van der Waals surface area (Å²) in [5.41, 5.74) is -0.0101. The van der Waals surface area contributed by atoms with Crippen molar-refractivity contribution >= 4 is 50.8 Å². The normalized spacial score (nSPS) is 14.9. The first-order valence-corrected chi connectivity index (χ1v) is 15.6. The molecule has 1 aliphatic heterocycles. The summed E-state index contributed by atoms with van der Waals surface area (Å²) in [6.07, 6.45) is 0. The molecule has 2 aromatic carbocycles. The molecular weight excluding hydrogens is 616 g/mol. The summed E-state index contributed by atoms with van der Waals surface area (Å²) in [6, 6.07) is 4.95. The van der Waals surface area contributed by atoms with E-state index in [2.05, 4.69) is 10.2 Å². The van der Waals surface area contributed by atoms with E-state index in [4.69, 9.17) is 9.47 Å². The molecule has 15 heteroatoms. The summed E-state index contributed by atoms with van der Waals surface area (Å²) >= 11 is 0. The van der Waals surface area contributed by atoms with Crippen LogP contribution in [-0.2, 0) is 19.1 Å². The van der Waals surface area contributed by atoms with Gasteiger partial charge in [0.05, 0.1) is 20.1 Å². The van der Waals surface area contributed by atoms with Crippen molar-refractivity contribution in [2.75, 3.05) is 19.2 Å². The van der Waals surface area contributed by atoms with Gasteiger partial charge in [-0.25, -0.2) is 23.2 Å². The minimum Gasteiger partial charge on any atom is -0.464 e. The van der Waals surface area contributed by atoms with Gasteiger partial charge in [0.2, 0.25) is 5.82 Å². The van der Waals surface area contributed by atoms with Gasteiger partial charge in [0.15, 0.2) is 5.71 Å². The fourth-order valence-electron chi connectivity index (χ4n) is 4.62. The van der Waals surface area contributed by atoms with Crippen molar-refractivity contribution in [3.63, 3.8) is 0 Å². The average molecular weight is 648 g/mol.